The van der Waals surface area contributed by atoms with Crippen molar-refractivity contribution in [3.63, 3.8) is 0 Å². The van der Waals surface area contributed by atoms with Crippen molar-refractivity contribution in [3.8, 4) is 0 Å². The number of aliphatic hydroxyl groups excluding tert-OH is 1. The zero-order valence-electron chi connectivity index (χ0n) is 13.3. The Morgan fingerprint density at radius 2 is 2.13 bits per heavy atom. The van der Waals surface area contributed by atoms with E-state index in [-0.39, 0.29) is 18.4 Å². The minimum Gasteiger partial charge on any atom is -0.395 e. The van der Waals surface area contributed by atoms with Gasteiger partial charge in [-0.2, -0.15) is 0 Å². The molecule has 1 aliphatic rings. The van der Waals surface area contributed by atoms with E-state index >= 15 is 0 Å². The Hall–Kier alpha value is -2.14. The molecule has 2 heterocycles. The van der Waals surface area contributed by atoms with Crippen molar-refractivity contribution in [1.82, 2.24) is 14.5 Å². The summed E-state index contributed by atoms with van der Waals surface area (Å²) in [7, 11) is 0. The molecule has 122 valence electrons. The maximum atomic E-state index is 12.8. The fourth-order valence-electron chi connectivity index (χ4n) is 3.20. The van der Waals surface area contributed by atoms with Gasteiger partial charge in [0.1, 0.15) is 0 Å². The summed E-state index contributed by atoms with van der Waals surface area (Å²) in [6.07, 6.45) is 6.08. The third-order valence-corrected chi connectivity index (χ3v) is 4.52. The van der Waals surface area contributed by atoms with Gasteiger partial charge in [0.25, 0.3) is 0 Å². The van der Waals surface area contributed by atoms with Crippen molar-refractivity contribution in [2.24, 2.45) is 5.92 Å². The van der Waals surface area contributed by atoms with Gasteiger partial charge in [-0.15, -0.1) is 0 Å². The van der Waals surface area contributed by atoms with E-state index in [2.05, 4.69) is 21.7 Å². The third-order valence-electron chi connectivity index (χ3n) is 4.52. The lowest BCUT2D eigenvalue weighted by atomic mass is 9.94. The lowest BCUT2D eigenvalue weighted by Gasteiger charge is -2.29. The molecule has 0 saturated carbocycles. The van der Waals surface area contributed by atoms with Gasteiger partial charge in [0.15, 0.2) is 0 Å². The van der Waals surface area contributed by atoms with Crippen LogP contribution in [0.3, 0.4) is 0 Å². The highest BCUT2D eigenvalue weighted by molar-refractivity contribution is 5.79. The Labute approximate surface area is 136 Å². The smallest absolute Gasteiger partial charge is 0.226 e. The molecule has 2 aromatic rings. The summed E-state index contributed by atoms with van der Waals surface area (Å²) in [5.74, 6) is 0.156. The van der Waals surface area contributed by atoms with Gasteiger partial charge >= 0.3 is 0 Å². The van der Waals surface area contributed by atoms with Gasteiger partial charge in [-0.1, -0.05) is 30.3 Å². The van der Waals surface area contributed by atoms with Crippen LogP contribution in [-0.4, -0.2) is 45.2 Å². The van der Waals surface area contributed by atoms with Crippen molar-refractivity contribution in [2.75, 3.05) is 19.7 Å². The standard InChI is InChI=1S/C18H23N3O2/c22-11-10-20(8-6-15-4-2-1-3-5-15)18(23)16-7-9-21-14-19-13-17(21)12-16/h1-5,13-14,16,22H,6-12H2. The van der Waals surface area contributed by atoms with E-state index < -0.39 is 0 Å². The van der Waals surface area contributed by atoms with Crippen molar-refractivity contribution in [2.45, 2.75) is 25.8 Å². The minimum absolute atomic E-state index is 0.00141. The average molecular weight is 313 g/mol. The van der Waals surface area contributed by atoms with Gasteiger partial charge in [-0.05, 0) is 18.4 Å². The van der Waals surface area contributed by atoms with E-state index in [1.54, 1.807) is 0 Å². The number of imidazole rings is 1. The summed E-state index contributed by atoms with van der Waals surface area (Å²) in [6.45, 7) is 1.91. The average Bonchev–Trinajstić information content (AvgIpc) is 3.06. The number of nitrogens with zero attached hydrogens (tertiary/aromatic N) is 3. The summed E-state index contributed by atoms with van der Waals surface area (Å²) in [5.41, 5.74) is 2.34. The van der Waals surface area contributed by atoms with Crippen molar-refractivity contribution >= 4 is 5.91 Å². The molecule has 0 fully saturated rings. The van der Waals surface area contributed by atoms with Crippen LogP contribution in [0.4, 0.5) is 0 Å². The van der Waals surface area contributed by atoms with E-state index in [9.17, 15) is 9.90 Å². The van der Waals surface area contributed by atoms with Gasteiger partial charge in [0.05, 0.1) is 12.9 Å². The van der Waals surface area contributed by atoms with Gasteiger partial charge in [-0.25, -0.2) is 4.98 Å². The molecular weight excluding hydrogens is 290 g/mol. The second-order valence-corrected chi connectivity index (χ2v) is 6.05. The van der Waals surface area contributed by atoms with Crippen LogP contribution < -0.4 is 0 Å². The molecule has 1 atom stereocenters. The number of aliphatic hydroxyl groups is 1. The minimum atomic E-state index is 0.00141. The Kier molecular flexibility index (Phi) is 5.08. The van der Waals surface area contributed by atoms with E-state index in [0.29, 0.717) is 13.1 Å². The zero-order valence-corrected chi connectivity index (χ0v) is 13.3. The first-order chi connectivity index (χ1) is 11.3. The van der Waals surface area contributed by atoms with Gasteiger partial charge in [0, 0.05) is 43.9 Å². The Morgan fingerprint density at radius 3 is 2.91 bits per heavy atom. The summed E-state index contributed by atoms with van der Waals surface area (Å²) < 4.78 is 2.12. The first-order valence-corrected chi connectivity index (χ1v) is 8.20. The molecule has 1 aromatic heterocycles. The molecule has 1 N–H and O–H groups in total. The second kappa shape index (κ2) is 7.42. The van der Waals surface area contributed by atoms with Crippen molar-refractivity contribution in [1.29, 1.82) is 0 Å². The largest absolute Gasteiger partial charge is 0.395 e. The fraction of sp³-hybridized carbons (Fsp3) is 0.444. The normalized spacial score (nSPS) is 16.8. The van der Waals surface area contributed by atoms with Crippen LogP contribution >= 0.6 is 0 Å². The molecule has 3 rings (SSSR count). The molecule has 0 spiro atoms. The highest BCUT2D eigenvalue weighted by Crippen LogP contribution is 2.22. The highest BCUT2D eigenvalue weighted by Gasteiger charge is 2.28. The maximum Gasteiger partial charge on any atom is 0.226 e. The van der Waals surface area contributed by atoms with E-state index in [0.717, 1.165) is 31.5 Å². The van der Waals surface area contributed by atoms with Crippen LogP contribution in [0.25, 0.3) is 0 Å². The SMILES string of the molecule is O=C(C1CCn2cncc2C1)N(CCO)CCc1ccccc1. The number of rotatable bonds is 6. The predicted octanol–water partition coefficient (Wildman–Crippen LogP) is 1.51. The number of benzene rings is 1. The Morgan fingerprint density at radius 1 is 1.30 bits per heavy atom. The lowest BCUT2D eigenvalue weighted by molar-refractivity contribution is -0.136. The lowest BCUT2D eigenvalue weighted by Crippen LogP contribution is -2.41. The molecule has 1 aliphatic heterocycles. The highest BCUT2D eigenvalue weighted by atomic mass is 16.3. The molecule has 1 aromatic carbocycles. The van der Waals surface area contributed by atoms with Crippen LogP contribution in [0.15, 0.2) is 42.9 Å². The third kappa shape index (κ3) is 3.79. The molecular formula is C18H23N3O2. The number of carbonyl (C=O) groups excluding carboxylic acids is 1. The number of carbonyl (C=O) groups is 1. The van der Waals surface area contributed by atoms with Crippen LogP contribution in [0.5, 0.6) is 0 Å². The Balaban J connectivity index is 1.62. The summed E-state index contributed by atoms with van der Waals surface area (Å²) in [5, 5.41) is 9.30. The molecule has 0 radical (unpaired) electrons. The van der Waals surface area contributed by atoms with Crippen LogP contribution in [-0.2, 0) is 24.2 Å². The monoisotopic (exact) mass is 313 g/mol. The van der Waals surface area contributed by atoms with Crippen molar-refractivity contribution in [3.05, 3.63) is 54.1 Å². The predicted molar refractivity (Wildman–Crippen MR) is 87.8 cm³/mol. The summed E-state index contributed by atoms with van der Waals surface area (Å²) >= 11 is 0. The molecule has 5 heteroatoms. The number of aromatic nitrogens is 2. The van der Waals surface area contributed by atoms with Crippen LogP contribution in [0, 0.1) is 5.92 Å². The van der Waals surface area contributed by atoms with Crippen LogP contribution in [0.1, 0.15) is 17.7 Å². The first kappa shape index (κ1) is 15.7. The number of aryl methyl sites for hydroxylation is 1. The molecule has 1 amide bonds. The topological polar surface area (TPSA) is 58.4 Å². The number of amides is 1. The molecule has 0 aliphatic carbocycles. The number of fused-ring (bicyclic) bond motifs is 1. The fourth-order valence-corrected chi connectivity index (χ4v) is 3.20. The number of hydrogen-bond donors (Lipinski definition) is 1. The first-order valence-electron chi connectivity index (χ1n) is 8.20. The van der Waals surface area contributed by atoms with E-state index in [1.807, 2.05) is 35.6 Å². The molecule has 5 nitrogen and oxygen atoms in total. The van der Waals surface area contributed by atoms with E-state index in [4.69, 9.17) is 0 Å². The molecule has 1 unspecified atom stereocenters. The second-order valence-electron chi connectivity index (χ2n) is 6.05. The van der Waals surface area contributed by atoms with Gasteiger partial charge in [0.2, 0.25) is 5.91 Å². The molecule has 0 bridgehead atoms. The summed E-state index contributed by atoms with van der Waals surface area (Å²) in [6, 6.07) is 10.2. The maximum absolute atomic E-state index is 12.8. The zero-order chi connectivity index (χ0) is 16.1. The van der Waals surface area contributed by atoms with Gasteiger partial charge in [-0.3, -0.25) is 4.79 Å². The molecule has 23 heavy (non-hydrogen) atoms. The Bertz CT molecular complexity index is 639. The molecule has 0 saturated heterocycles. The van der Waals surface area contributed by atoms with Gasteiger partial charge < -0.3 is 14.6 Å². The summed E-state index contributed by atoms with van der Waals surface area (Å²) in [4.78, 5) is 18.8. The number of hydrogen-bond acceptors (Lipinski definition) is 3. The van der Waals surface area contributed by atoms with Crippen LogP contribution in [0.2, 0.25) is 0 Å². The quantitative estimate of drug-likeness (QED) is 0.879. The van der Waals surface area contributed by atoms with E-state index in [1.165, 1.54) is 5.56 Å². The van der Waals surface area contributed by atoms with Crippen molar-refractivity contribution < 1.29 is 9.90 Å².